The van der Waals surface area contributed by atoms with Gasteiger partial charge in [-0.15, -0.1) is 11.3 Å². The van der Waals surface area contributed by atoms with Crippen molar-refractivity contribution in [1.29, 1.82) is 0 Å². The molecule has 3 heteroatoms. The molecular formula is C11H14O2S. The number of thiophene rings is 1. The van der Waals surface area contributed by atoms with E-state index in [0.29, 0.717) is 0 Å². The Labute approximate surface area is 87.6 Å². The Morgan fingerprint density at radius 3 is 2.79 bits per heavy atom. The van der Waals surface area contributed by atoms with Gasteiger partial charge in [-0.2, -0.15) is 0 Å². The first-order valence-corrected chi connectivity index (χ1v) is 5.74. The highest BCUT2D eigenvalue weighted by atomic mass is 32.1. The minimum Gasteiger partial charge on any atom is -0.481 e. The molecule has 76 valence electrons. The van der Waals surface area contributed by atoms with Gasteiger partial charge < -0.3 is 5.11 Å². The van der Waals surface area contributed by atoms with Gasteiger partial charge in [0.05, 0.1) is 5.92 Å². The van der Waals surface area contributed by atoms with Gasteiger partial charge in [0.1, 0.15) is 0 Å². The van der Waals surface area contributed by atoms with Crippen LogP contribution < -0.4 is 0 Å². The molecule has 0 radical (unpaired) electrons. The van der Waals surface area contributed by atoms with E-state index >= 15 is 0 Å². The normalized spacial score (nSPS) is 20.6. The first-order chi connectivity index (χ1) is 6.61. The largest absolute Gasteiger partial charge is 0.481 e. The summed E-state index contributed by atoms with van der Waals surface area (Å²) in [6.45, 7) is 4.14. The summed E-state index contributed by atoms with van der Waals surface area (Å²) in [7, 11) is 0. The maximum Gasteiger partial charge on any atom is 0.311 e. The number of hydrogen-bond acceptors (Lipinski definition) is 2. The minimum absolute atomic E-state index is 0.247. The summed E-state index contributed by atoms with van der Waals surface area (Å²) >= 11 is 1.74. The molecule has 0 saturated heterocycles. The van der Waals surface area contributed by atoms with Crippen molar-refractivity contribution in [3.63, 3.8) is 0 Å². The van der Waals surface area contributed by atoms with Crippen molar-refractivity contribution in [2.45, 2.75) is 39.0 Å². The Morgan fingerprint density at radius 1 is 1.43 bits per heavy atom. The van der Waals surface area contributed by atoms with Crippen molar-refractivity contribution in [2.24, 2.45) is 0 Å². The molecule has 0 fully saturated rings. The third kappa shape index (κ3) is 1.36. The highest BCUT2D eigenvalue weighted by Gasteiger charge is 2.30. The number of carboxylic acid groups (broad SMARTS) is 1. The molecular weight excluding hydrogens is 196 g/mol. The molecule has 1 atom stereocenters. The molecule has 0 aromatic carbocycles. The van der Waals surface area contributed by atoms with Gasteiger partial charge in [0, 0.05) is 9.75 Å². The molecule has 1 heterocycles. The van der Waals surface area contributed by atoms with Crippen LogP contribution in [-0.4, -0.2) is 11.1 Å². The van der Waals surface area contributed by atoms with Crippen LogP contribution in [0.25, 0.3) is 0 Å². The molecule has 0 spiro atoms. The van der Waals surface area contributed by atoms with Crippen LogP contribution in [0.2, 0.25) is 0 Å². The van der Waals surface area contributed by atoms with E-state index < -0.39 is 5.97 Å². The number of hydrogen-bond donors (Lipinski definition) is 1. The van der Waals surface area contributed by atoms with Crippen molar-refractivity contribution in [3.8, 4) is 0 Å². The lowest BCUT2D eigenvalue weighted by molar-refractivity contribution is -0.139. The topological polar surface area (TPSA) is 37.3 Å². The van der Waals surface area contributed by atoms with Crippen molar-refractivity contribution in [2.75, 3.05) is 0 Å². The summed E-state index contributed by atoms with van der Waals surface area (Å²) in [5.41, 5.74) is 2.43. The number of carboxylic acids is 1. The van der Waals surface area contributed by atoms with E-state index in [4.69, 9.17) is 5.11 Å². The van der Waals surface area contributed by atoms with Crippen LogP contribution >= 0.6 is 11.3 Å². The molecule has 14 heavy (non-hydrogen) atoms. The zero-order valence-corrected chi connectivity index (χ0v) is 9.28. The molecule has 1 unspecified atom stereocenters. The smallest absolute Gasteiger partial charge is 0.311 e. The summed E-state index contributed by atoms with van der Waals surface area (Å²) in [6, 6.07) is 0. The molecule has 2 nitrogen and oxygen atoms in total. The Balaban J connectivity index is 2.53. The van der Waals surface area contributed by atoms with E-state index in [1.54, 1.807) is 11.3 Å². The third-order valence-electron chi connectivity index (χ3n) is 3.00. The van der Waals surface area contributed by atoms with Crippen LogP contribution in [0.5, 0.6) is 0 Å². The Kier molecular flexibility index (Phi) is 2.35. The predicted octanol–water partition coefficient (Wildman–Crippen LogP) is 2.87. The quantitative estimate of drug-likeness (QED) is 0.774. The van der Waals surface area contributed by atoms with E-state index in [2.05, 4.69) is 6.92 Å². The van der Waals surface area contributed by atoms with Crippen LogP contribution in [0.1, 0.15) is 39.6 Å². The number of aryl methyl sites for hydroxylation is 2. The monoisotopic (exact) mass is 210 g/mol. The van der Waals surface area contributed by atoms with Gasteiger partial charge in [0.15, 0.2) is 0 Å². The summed E-state index contributed by atoms with van der Waals surface area (Å²) in [6.07, 6.45) is 2.88. The van der Waals surface area contributed by atoms with E-state index in [0.717, 1.165) is 24.8 Å². The molecule has 0 aliphatic heterocycles. The van der Waals surface area contributed by atoms with Gasteiger partial charge in [-0.3, -0.25) is 4.79 Å². The standard InChI is InChI=1S/C11H14O2S/c1-6-8-4-3-5-9(11(12)13)10(8)7(2)14-6/h9H,3-5H2,1-2H3,(H,12,13). The van der Waals surface area contributed by atoms with Gasteiger partial charge in [0.2, 0.25) is 0 Å². The Bertz CT molecular complexity index is 379. The predicted molar refractivity (Wildman–Crippen MR) is 57.1 cm³/mol. The second-order valence-electron chi connectivity index (χ2n) is 3.89. The molecule has 1 aromatic rings. The highest BCUT2D eigenvalue weighted by Crippen LogP contribution is 2.40. The van der Waals surface area contributed by atoms with Gasteiger partial charge in [-0.1, -0.05) is 0 Å². The van der Waals surface area contributed by atoms with Gasteiger partial charge in [0.25, 0.3) is 0 Å². The number of aliphatic carboxylic acids is 1. The lowest BCUT2D eigenvalue weighted by Crippen LogP contribution is -2.17. The van der Waals surface area contributed by atoms with Gasteiger partial charge in [-0.05, 0) is 44.2 Å². The fraction of sp³-hybridized carbons (Fsp3) is 0.545. The molecule has 0 amide bonds. The Morgan fingerprint density at radius 2 is 2.14 bits per heavy atom. The van der Waals surface area contributed by atoms with Crippen molar-refractivity contribution in [1.82, 2.24) is 0 Å². The fourth-order valence-corrected chi connectivity index (χ4v) is 3.56. The molecule has 1 aliphatic carbocycles. The van der Waals surface area contributed by atoms with Crippen LogP contribution in [0.3, 0.4) is 0 Å². The summed E-state index contributed by atoms with van der Waals surface area (Å²) in [4.78, 5) is 13.6. The average molecular weight is 210 g/mol. The fourth-order valence-electron chi connectivity index (χ4n) is 2.39. The third-order valence-corrected chi connectivity index (χ3v) is 4.08. The van der Waals surface area contributed by atoms with Crippen LogP contribution in [0.15, 0.2) is 0 Å². The maximum absolute atomic E-state index is 11.1. The van der Waals surface area contributed by atoms with E-state index in [1.165, 1.54) is 15.3 Å². The summed E-state index contributed by atoms with van der Waals surface area (Å²) < 4.78 is 0. The lowest BCUT2D eigenvalue weighted by Gasteiger charge is -2.20. The summed E-state index contributed by atoms with van der Waals surface area (Å²) in [5.74, 6) is -0.907. The summed E-state index contributed by atoms with van der Waals surface area (Å²) in [5, 5.41) is 9.12. The molecule has 0 bridgehead atoms. The second-order valence-corrected chi connectivity index (χ2v) is 5.32. The molecule has 2 rings (SSSR count). The van der Waals surface area contributed by atoms with E-state index in [9.17, 15) is 4.79 Å². The molecule has 1 aliphatic rings. The second kappa shape index (κ2) is 3.39. The zero-order valence-electron chi connectivity index (χ0n) is 8.46. The SMILES string of the molecule is Cc1sc(C)c2c1CCCC2C(=O)O. The molecule has 0 saturated carbocycles. The lowest BCUT2D eigenvalue weighted by atomic mass is 9.83. The van der Waals surface area contributed by atoms with Crippen molar-refractivity contribution < 1.29 is 9.90 Å². The van der Waals surface area contributed by atoms with Crippen LogP contribution in [-0.2, 0) is 11.2 Å². The van der Waals surface area contributed by atoms with Gasteiger partial charge >= 0.3 is 5.97 Å². The van der Waals surface area contributed by atoms with Crippen LogP contribution in [0, 0.1) is 13.8 Å². The molecule has 1 aromatic heterocycles. The van der Waals surface area contributed by atoms with Crippen molar-refractivity contribution in [3.05, 3.63) is 20.9 Å². The number of rotatable bonds is 1. The highest BCUT2D eigenvalue weighted by molar-refractivity contribution is 7.12. The molecule has 1 N–H and O–H groups in total. The van der Waals surface area contributed by atoms with Crippen LogP contribution in [0.4, 0.5) is 0 Å². The maximum atomic E-state index is 11.1. The van der Waals surface area contributed by atoms with Crippen molar-refractivity contribution >= 4 is 17.3 Å². The zero-order chi connectivity index (χ0) is 10.3. The number of carbonyl (C=O) groups is 1. The minimum atomic E-state index is -0.660. The van der Waals surface area contributed by atoms with E-state index in [-0.39, 0.29) is 5.92 Å². The van der Waals surface area contributed by atoms with Gasteiger partial charge in [-0.25, -0.2) is 0 Å². The Hall–Kier alpha value is -0.830. The number of fused-ring (bicyclic) bond motifs is 1. The van der Waals surface area contributed by atoms with E-state index in [1.807, 2.05) is 6.92 Å². The first kappa shape index (κ1) is 9.71. The first-order valence-electron chi connectivity index (χ1n) is 4.93. The average Bonchev–Trinajstić information content (AvgIpc) is 2.43.